The minimum atomic E-state index is -2.95. The van der Waals surface area contributed by atoms with Gasteiger partial charge in [-0.15, -0.1) is 0 Å². The second-order valence-corrected chi connectivity index (χ2v) is 3.06. The van der Waals surface area contributed by atoms with Gasteiger partial charge >= 0.3 is 0 Å². The molecule has 14 heavy (non-hydrogen) atoms. The molecule has 1 nitrogen and oxygen atoms in total. The van der Waals surface area contributed by atoms with Crippen LogP contribution in [0.3, 0.4) is 0 Å². The highest BCUT2D eigenvalue weighted by Gasteiger charge is 2.22. The van der Waals surface area contributed by atoms with Gasteiger partial charge < -0.3 is 5.73 Å². The Bertz CT molecular complexity index is 342. The molecule has 2 N–H and O–H groups in total. The van der Waals surface area contributed by atoms with Gasteiger partial charge in [0.05, 0.1) is 11.1 Å². The van der Waals surface area contributed by atoms with Gasteiger partial charge in [0.2, 0.25) is 0 Å². The van der Waals surface area contributed by atoms with Crippen LogP contribution in [0.5, 0.6) is 0 Å². The lowest BCUT2D eigenvalue weighted by Crippen LogP contribution is -2.20. The van der Waals surface area contributed by atoms with Gasteiger partial charge in [-0.1, -0.05) is 11.6 Å². The van der Waals surface area contributed by atoms with Crippen molar-refractivity contribution in [1.82, 2.24) is 0 Å². The van der Waals surface area contributed by atoms with Crippen molar-refractivity contribution in [2.24, 2.45) is 5.73 Å². The molecule has 6 heteroatoms. The molecular formula is C8H6ClF4N. The van der Waals surface area contributed by atoms with E-state index in [1.54, 1.807) is 0 Å². The largest absolute Gasteiger partial charge is 0.319 e. The first kappa shape index (κ1) is 11.3. The molecular weight excluding hydrogens is 222 g/mol. The highest BCUT2D eigenvalue weighted by atomic mass is 35.5. The van der Waals surface area contributed by atoms with Gasteiger partial charge in [-0.3, -0.25) is 0 Å². The number of hydrogen-bond donors (Lipinski definition) is 1. The third-order valence-corrected chi connectivity index (χ3v) is 1.96. The average molecular weight is 228 g/mol. The maximum Gasteiger partial charge on any atom is 0.257 e. The van der Waals surface area contributed by atoms with Crippen molar-refractivity contribution in [3.63, 3.8) is 0 Å². The van der Waals surface area contributed by atoms with E-state index in [-0.39, 0.29) is 0 Å². The van der Waals surface area contributed by atoms with E-state index in [4.69, 9.17) is 17.3 Å². The van der Waals surface area contributed by atoms with E-state index in [1.807, 2.05) is 0 Å². The summed E-state index contributed by atoms with van der Waals surface area (Å²) < 4.78 is 49.9. The molecule has 1 aromatic carbocycles. The van der Waals surface area contributed by atoms with Gasteiger partial charge in [0.15, 0.2) is 0 Å². The fraction of sp³-hybridized carbons (Fsp3) is 0.250. The lowest BCUT2D eigenvalue weighted by atomic mass is 10.1. The summed E-state index contributed by atoms with van der Waals surface area (Å²) in [6.45, 7) is 0. The van der Waals surface area contributed by atoms with Crippen LogP contribution in [0.25, 0.3) is 0 Å². The third-order valence-electron chi connectivity index (χ3n) is 1.67. The summed E-state index contributed by atoms with van der Waals surface area (Å²) in [6, 6.07) is -0.648. The second-order valence-electron chi connectivity index (χ2n) is 2.65. The number of halogens is 5. The highest BCUT2D eigenvalue weighted by molar-refractivity contribution is 6.30. The molecule has 0 radical (unpaired) electrons. The Morgan fingerprint density at radius 3 is 2.21 bits per heavy atom. The molecule has 0 aliphatic heterocycles. The number of rotatable bonds is 2. The molecule has 0 bridgehead atoms. The van der Waals surface area contributed by atoms with Gasteiger partial charge in [-0.2, -0.15) is 0 Å². The Morgan fingerprint density at radius 2 is 1.71 bits per heavy atom. The summed E-state index contributed by atoms with van der Waals surface area (Å²) in [6.07, 6.45) is -2.95. The van der Waals surface area contributed by atoms with Crippen LogP contribution < -0.4 is 5.73 Å². The van der Waals surface area contributed by atoms with Crippen molar-refractivity contribution < 1.29 is 17.6 Å². The van der Waals surface area contributed by atoms with E-state index in [2.05, 4.69) is 0 Å². The van der Waals surface area contributed by atoms with Crippen molar-refractivity contribution in [3.05, 3.63) is 34.4 Å². The van der Waals surface area contributed by atoms with Crippen LogP contribution in [0.2, 0.25) is 5.02 Å². The summed E-state index contributed by atoms with van der Waals surface area (Å²) in [4.78, 5) is 0. The van der Waals surface area contributed by atoms with E-state index in [9.17, 15) is 17.6 Å². The zero-order valence-corrected chi connectivity index (χ0v) is 7.53. The lowest BCUT2D eigenvalue weighted by molar-refractivity contribution is 0.114. The van der Waals surface area contributed by atoms with E-state index in [0.29, 0.717) is 12.1 Å². The SMILES string of the molecule is N[C@@H](c1cc(F)c(Cl)cc1F)C(F)F. The molecule has 0 amide bonds. The number of nitrogens with two attached hydrogens (primary N) is 1. The highest BCUT2D eigenvalue weighted by Crippen LogP contribution is 2.25. The summed E-state index contributed by atoms with van der Waals surface area (Å²) in [7, 11) is 0. The molecule has 1 aromatic rings. The molecule has 1 rings (SSSR count). The normalized spacial score (nSPS) is 13.4. The zero-order valence-electron chi connectivity index (χ0n) is 6.78. The van der Waals surface area contributed by atoms with Gasteiger partial charge in [0, 0.05) is 5.56 Å². The average Bonchev–Trinajstić information content (AvgIpc) is 2.10. The summed E-state index contributed by atoms with van der Waals surface area (Å²) in [5.74, 6) is -2.01. The van der Waals surface area contributed by atoms with Gasteiger partial charge in [-0.05, 0) is 12.1 Å². The molecule has 0 aliphatic rings. The molecule has 0 heterocycles. The predicted molar refractivity (Wildman–Crippen MR) is 44.3 cm³/mol. The first-order valence-electron chi connectivity index (χ1n) is 3.61. The number of alkyl halides is 2. The Morgan fingerprint density at radius 1 is 1.14 bits per heavy atom. The smallest absolute Gasteiger partial charge is 0.257 e. The van der Waals surface area contributed by atoms with Crippen LogP contribution in [0, 0.1) is 11.6 Å². The van der Waals surface area contributed by atoms with Crippen LogP contribution in [-0.4, -0.2) is 6.43 Å². The number of hydrogen-bond acceptors (Lipinski definition) is 1. The fourth-order valence-corrected chi connectivity index (χ4v) is 1.08. The molecule has 0 aliphatic carbocycles. The third kappa shape index (κ3) is 2.16. The van der Waals surface area contributed by atoms with E-state index >= 15 is 0 Å². The van der Waals surface area contributed by atoms with Crippen molar-refractivity contribution in [2.75, 3.05) is 0 Å². The maximum atomic E-state index is 13.0. The Hall–Kier alpha value is -0.810. The Labute approximate surface area is 82.5 Å². The molecule has 0 aromatic heterocycles. The molecule has 78 valence electrons. The van der Waals surface area contributed by atoms with Crippen LogP contribution in [-0.2, 0) is 0 Å². The second kappa shape index (κ2) is 4.14. The van der Waals surface area contributed by atoms with Crippen LogP contribution in [0.1, 0.15) is 11.6 Å². The van der Waals surface area contributed by atoms with Gasteiger partial charge in [0.25, 0.3) is 6.43 Å². The predicted octanol–water partition coefficient (Wildman–Crippen LogP) is 2.88. The van der Waals surface area contributed by atoms with Crippen LogP contribution in [0.15, 0.2) is 12.1 Å². The molecule has 0 saturated carbocycles. The molecule has 1 atom stereocenters. The monoisotopic (exact) mass is 227 g/mol. The zero-order chi connectivity index (χ0) is 10.9. The standard InChI is InChI=1S/C8H6ClF4N/c9-4-2-5(10)3(1-6(4)11)7(14)8(12)13/h1-2,7-8H,14H2/t7-/m0/s1. The molecule has 0 unspecified atom stereocenters. The van der Waals surface area contributed by atoms with Crippen molar-refractivity contribution in [3.8, 4) is 0 Å². The molecule has 0 saturated heterocycles. The Kier molecular flexibility index (Phi) is 3.34. The quantitative estimate of drug-likeness (QED) is 0.610. The van der Waals surface area contributed by atoms with Gasteiger partial charge in [-0.25, -0.2) is 17.6 Å². The first-order chi connectivity index (χ1) is 6.43. The molecule has 0 spiro atoms. The van der Waals surface area contributed by atoms with E-state index in [0.717, 1.165) is 0 Å². The maximum absolute atomic E-state index is 13.0. The minimum absolute atomic E-state index is 0.465. The fourth-order valence-electron chi connectivity index (χ4n) is 0.929. The van der Waals surface area contributed by atoms with Gasteiger partial charge in [0.1, 0.15) is 11.6 Å². The topological polar surface area (TPSA) is 26.0 Å². The molecule has 0 fully saturated rings. The first-order valence-corrected chi connectivity index (χ1v) is 3.99. The van der Waals surface area contributed by atoms with Crippen molar-refractivity contribution in [1.29, 1.82) is 0 Å². The van der Waals surface area contributed by atoms with E-state index in [1.165, 1.54) is 0 Å². The number of benzene rings is 1. The Balaban J connectivity index is 3.15. The minimum Gasteiger partial charge on any atom is -0.319 e. The van der Waals surface area contributed by atoms with Crippen LogP contribution in [0.4, 0.5) is 17.6 Å². The summed E-state index contributed by atoms with van der Waals surface area (Å²) >= 11 is 5.23. The van der Waals surface area contributed by atoms with Crippen molar-refractivity contribution in [2.45, 2.75) is 12.5 Å². The van der Waals surface area contributed by atoms with Crippen molar-refractivity contribution >= 4 is 11.6 Å². The lowest BCUT2D eigenvalue weighted by Gasteiger charge is -2.12. The van der Waals surface area contributed by atoms with Crippen LogP contribution >= 0.6 is 11.6 Å². The summed E-state index contributed by atoms with van der Waals surface area (Å²) in [5.41, 5.74) is 4.38. The van der Waals surface area contributed by atoms with E-state index < -0.39 is 34.7 Å². The summed E-state index contributed by atoms with van der Waals surface area (Å²) in [5, 5.41) is -0.465.